The van der Waals surface area contributed by atoms with Crippen LogP contribution < -0.4 is 0 Å². The van der Waals surface area contributed by atoms with Crippen molar-refractivity contribution in [3.63, 3.8) is 0 Å². The van der Waals surface area contributed by atoms with E-state index in [1.54, 1.807) is 0 Å². The Morgan fingerprint density at radius 1 is 0.952 bits per heavy atom. The number of unbranched alkanes of at least 4 members (excludes halogenated alkanes) is 2. The van der Waals surface area contributed by atoms with Gasteiger partial charge < -0.3 is 0 Å². The van der Waals surface area contributed by atoms with Crippen LogP contribution in [0.25, 0.3) is 0 Å². The molecule has 0 aliphatic carbocycles. The molecule has 0 amide bonds. The van der Waals surface area contributed by atoms with Crippen molar-refractivity contribution in [2.75, 3.05) is 0 Å². The molecule has 0 bridgehead atoms. The third-order valence-electron chi connectivity index (χ3n) is 4.58. The molecule has 1 atom stereocenters. The van der Waals surface area contributed by atoms with Crippen molar-refractivity contribution < 1.29 is 0 Å². The van der Waals surface area contributed by atoms with Gasteiger partial charge in [-0.15, -0.1) is 5.10 Å². The summed E-state index contributed by atoms with van der Waals surface area (Å²) >= 11 is 0. The van der Waals surface area contributed by atoms with E-state index in [4.69, 9.17) is 0 Å². The highest BCUT2D eigenvalue weighted by Gasteiger charge is 2.08. The van der Waals surface area contributed by atoms with Crippen LogP contribution in [-0.2, 0) is 13.0 Å². The van der Waals surface area contributed by atoms with Crippen LogP contribution in [0, 0.1) is 17.8 Å². The van der Waals surface area contributed by atoms with E-state index in [0.29, 0.717) is 0 Å². The number of rotatable bonds is 11. The van der Waals surface area contributed by atoms with Crippen molar-refractivity contribution in [3.8, 4) is 0 Å². The van der Waals surface area contributed by atoms with E-state index < -0.39 is 0 Å². The molecule has 1 unspecified atom stereocenters. The van der Waals surface area contributed by atoms with Gasteiger partial charge in [-0.3, -0.25) is 0 Å². The van der Waals surface area contributed by atoms with E-state index in [-0.39, 0.29) is 0 Å². The fourth-order valence-electron chi connectivity index (χ4n) is 2.59. The van der Waals surface area contributed by atoms with Crippen molar-refractivity contribution in [1.82, 2.24) is 15.0 Å². The molecule has 0 aliphatic heterocycles. The average Bonchev–Trinajstić information content (AvgIpc) is 2.85. The summed E-state index contributed by atoms with van der Waals surface area (Å²) in [4.78, 5) is 0. The second-order valence-electron chi connectivity index (χ2n) is 7.31. The van der Waals surface area contributed by atoms with Gasteiger partial charge in [0.1, 0.15) is 0 Å². The summed E-state index contributed by atoms with van der Waals surface area (Å²) in [5.74, 6) is 2.41. The molecular weight excluding hydrogens is 258 g/mol. The van der Waals surface area contributed by atoms with Crippen LogP contribution in [0.1, 0.15) is 78.8 Å². The van der Waals surface area contributed by atoms with Gasteiger partial charge in [-0.05, 0) is 43.4 Å². The summed E-state index contributed by atoms with van der Waals surface area (Å²) in [7, 11) is 0. The number of aryl methyl sites for hydroxylation is 2. The van der Waals surface area contributed by atoms with Gasteiger partial charge in [0, 0.05) is 6.54 Å². The highest BCUT2D eigenvalue weighted by atomic mass is 15.4. The fraction of sp³-hybridized carbons (Fsp3) is 0.889. The SMILES string of the molecule is CC(C)CCCCCc1cnnn1CCCC(C)C(C)C. The molecule has 0 fully saturated rings. The van der Waals surface area contributed by atoms with Gasteiger partial charge in [0.15, 0.2) is 0 Å². The van der Waals surface area contributed by atoms with Crippen molar-refractivity contribution in [1.29, 1.82) is 0 Å². The first-order valence-corrected chi connectivity index (χ1v) is 8.88. The zero-order chi connectivity index (χ0) is 15.7. The molecule has 0 spiro atoms. The van der Waals surface area contributed by atoms with Crippen LogP contribution in [0.4, 0.5) is 0 Å². The number of hydrogen-bond donors (Lipinski definition) is 0. The minimum absolute atomic E-state index is 0.779. The minimum Gasteiger partial charge on any atom is -0.249 e. The molecule has 1 heterocycles. The summed E-state index contributed by atoms with van der Waals surface area (Å²) in [5.41, 5.74) is 1.32. The van der Waals surface area contributed by atoms with Gasteiger partial charge in [0.2, 0.25) is 0 Å². The molecule has 0 aromatic carbocycles. The van der Waals surface area contributed by atoms with Crippen LogP contribution in [0.3, 0.4) is 0 Å². The van der Waals surface area contributed by atoms with Crippen molar-refractivity contribution >= 4 is 0 Å². The molecule has 0 radical (unpaired) electrons. The molecule has 0 saturated carbocycles. The lowest BCUT2D eigenvalue weighted by Crippen LogP contribution is -2.09. The molecule has 1 aromatic heterocycles. The second kappa shape index (κ2) is 9.97. The van der Waals surface area contributed by atoms with E-state index in [1.807, 2.05) is 6.20 Å². The highest BCUT2D eigenvalue weighted by Crippen LogP contribution is 2.17. The molecule has 0 N–H and O–H groups in total. The van der Waals surface area contributed by atoms with Crippen LogP contribution in [-0.4, -0.2) is 15.0 Å². The lowest BCUT2D eigenvalue weighted by Gasteiger charge is -2.15. The van der Waals surface area contributed by atoms with Gasteiger partial charge in [0.25, 0.3) is 0 Å². The smallest absolute Gasteiger partial charge is 0.0725 e. The monoisotopic (exact) mass is 293 g/mol. The summed E-state index contributed by atoms with van der Waals surface area (Å²) in [6, 6.07) is 0. The van der Waals surface area contributed by atoms with Crippen LogP contribution in [0.5, 0.6) is 0 Å². The number of aromatic nitrogens is 3. The molecule has 3 nitrogen and oxygen atoms in total. The molecule has 21 heavy (non-hydrogen) atoms. The Morgan fingerprint density at radius 2 is 1.71 bits per heavy atom. The van der Waals surface area contributed by atoms with Gasteiger partial charge in [-0.1, -0.05) is 59.1 Å². The van der Waals surface area contributed by atoms with E-state index in [1.165, 1.54) is 44.2 Å². The number of hydrogen-bond acceptors (Lipinski definition) is 2. The number of nitrogens with zero attached hydrogens (tertiary/aromatic N) is 3. The molecule has 122 valence electrons. The summed E-state index contributed by atoms with van der Waals surface area (Å²) in [6.45, 7) is 12.6. The Labute approximate surface area is 131 Å². The molecular formula is C18H35N3. The predicted molar refractivity (Wildman–Crippen MR) is 90.3 cm³/mol. The molecule has 3 heteroatoms. The Kier molecular flexibility index (Phi) is 8.63. The maximum Gasteiger partial charge on any atom is 0.0725 e. The molecule has 0 aliphatic rings. The van der Waals surface area contributed by atoms with Crippen molar-refractivity contribution in [2.45, 2.75) is 86.1 Å². The third kappa shape index (κ3) is 7.63. The standard InChI is InChI=1S/C18H35N3/c1-15(2)10-7-6-8-12-18-14-19-20-21(18)13-9-11-17(5)16(3)4/h14-17H,6-13H2,1-5H3. The second-order valence-corrected chi connectivity index (χ2v) is 7.31. The largest absolute Gasteiger partial charge is 0.249 e. The van der Waals surface area contributed by atoms with E-state index in [0.717, 1.165) is 30.7 Å². The molecule has 1 aromatic rings. The normalized spacial score (nSPS) is 13.3. The quantitative estimate of drug-likeness (QED) is 0.531. The van der Waals surface area contributed by atoms with Crippen molar-refractivity contribution in [3.05, 3.63) is 11.9 Å². The van der Waals surface area contributed by atoms with Crippen LogP contribution in [0.15, 0.2) is 6.20 Å². The van der Waals surface area contributed by atoms with E-state index in [9.17, 15) is 0 Å². The van der Waals surface area contributed by atoms with Gasteiger partial charge in [-0.25, -0.2) is 4.68 Å². The Hall–Kier alpha value is -0.860. The Morgan fingerprint density at radius 3 is 2.38 bits per heavy atom. The van der Waals surface area contributed by atoms with Gasteiger partial charge in [0.05, 0.1) is 11.9 Å². The Balaban J connectivity index is 2.23. The van der Waals surface area contributed by atoms with E-state index in [2.05, 4.69) is 49.6 Å². The summed E-state index contributed by atoms with van der Waals surface area (Å²) < 4.78 is 2.12. The van der Waals surface area contributed by atoms with E-state index >= 15 is 0 Å². The molecule has 1 rings (SSSR count). The lowest BCUT2D eigenvalue weighted by molar-refractivity contribution is 0.364. The lowest BCUT2D eigenvalue weighted by atomic mass is 9.93. The maximum atomic E-state index is 4.25. The zero-order valence-electron chi connectivity index (χ0n) is 14.8. The minimum atomic E-state index is 0.779. The van der Waals surface area contributed by atoms with Gasteiger partial charge in [-0.2, -0.15) is 0 Å². The maximum absolute atomic E-state index is 4.25. The first-order valence-electron chi connectivity index (χ1n) is 8.88. The average molecular weight is 293 g/mol. The first kappa shape index (κ1) is 18.2. The molecule has 0 saturated heterocycles. The predicted octanol–water partition coefficient (Wildman–Crippen LogP) is 5.11. The topological polar surface area (TPSA) is 30.7 Å². The Bertz CT molecular complexity index is 368. The third-order valence-corrected chi connectivity index (χ3v) is 4.58. The zero-order valence-corrected chi connectivity index (χ0v) is 14.8. The fourth-order valence-corrected chi connectivity index (χ4v) is 2.59. The summed E-state index contributed by atoms with van der Waals surface area (Å²) in [5, 5.41) is 8.35. The van der Waals surface area contributed by atoms with Crippen LogP contribution in [0.2, 0.25) is 0 Å². The van der Waals surface area contributed by atoms with Crippen LogP contribution >= 0.6 is 0 Å². The van der Waals surface area contributed by atoms with Crippen molar-refractivity contribution in [2.24, 2.45) is 17.8 Å². The highest BCUT2D eigenvalue weighted by molar-refractivity contribution is 4.93. The first-order chi connectivity index (χ1) is 10.0. The van der Waals surface area contributed by atoms with Gasteiger partial charge >= 0.3 is 0 Å². The summed E-state index contributed by atoms with van der Waals surface area (Å²) in [6.07, 6.45) is 10.9.